The monoisotopic (exact) mass is 410 g/mol. The molecule has 1 fully saturated rings. The average Bonchev–Trinajstić information content (AvgIpc) is 2.62. The summed E-state index contributed by atoms with van der Waals surface area (Å²) in [5.41, 5.74) is 0.480. The van der Waals surface area contributed by atoms with Crippen LogP contribution in [-0.2, 0) is 10.0 Å². The first-order valence-electron chi connectivity index (χ1n) is 7.28. The van der Waals surface area contributed by atoms with Crippen molar-refractivity contribution < 1.29 is 13.2 Å². The zero-order valence-corrected chi connectivity index (χ0v) is 15.1. The first-order valence-corrected chi connectivity index (χ1v) is 9.52. The summed E-state index contributed by atoms with van der Waals surface area (Å²) in [5.74, 6) is -0.151. The van der Waals surface area contributed by atoms with E-state index in [-0.39, 0.29) is 23.9 Å². The lowest BCUT2D eigenvalue weighted by Crippen LogP contribution is -2.50. The molecule has 0 aliphatic carbocycles. The molecule has 2 aromatic heterocycles. The molecular formula is C15H15BrN4O3S. The van der Waals surface area contributed by atoms with Gasteiger partial charge in [-0.05, 0) is 34.1 Å². The van der Waals surface area contributed by atoms with Crippen LogP contribution >= 0.6 is 15.9 Å². The number of hydrogen-bond donors (Lipinski definition) is 0. The van der Waals surface area contributed by atoms with E-state index in [1.54, 1.807) is 23.2 Å². The number of pyridine rings is 2. The van der Waals surface area contributed by atoms with E-state index >= 15 is 0 Å². The summed E-state index contributed by atoms with van der Waals surface area (Å²) in [6, 6.07) is 4.81. The summed E-state index contributed by atoms with van der Waals surface area (Å²) in [4.78, 5) is 22.1. The molecule has 1 aliphatic rings. The Labute approximate surface area is 148 Å². The molecule has 0 aromatic carbocycles. The van der Waals surface area contributed by atoms with Gasteiger partial charge in [-0.3, -0.25) is 14.8 Å². The number of aromatic nitrogens is 2. The molecule has 3 rings (SSSR count). The van der Waals surface area contributed by atoms with Gasteiger partial charge >= 0.3 is 0 Å². The minimum absolute atomic E-state index is 0.151. The van der Waals surface area contributed by atoms with Crippen LogP contribution in [0, 0.1) is 0 Å². The van der Waals surface area contributed by atoms with Gasteiger partial charge in [0, 0.05) is 55.4 Å². The largest absolute Gasteiger partial charge is 0.336 e. The number of sulfonamides is 1. The lowest BCUT2D eigenvalue weighted by Gasteiger charge is -2.33. The molecule has 0 atom stereocenters. The Morgan fingerprint density at radius 2 is 1.83 bits per heavy atom. The lowest BCUT2D eigenvalue weighted by atomic mass is 10.2. The van der Waals surface area contributed by atoms with Crippen molar-refractivity contribution in [3.05, 3.63) is 53.0 Å². The Morgan fingerprint density at radius 1 is 1.08 bits per heavy atom. The number of nitrogens with zero attached hydrogens (tertiary/aromatic N) is 4. The highest BCUT2D eigenvalue weighted by Crippen LogP contribution is 2.18. The number of hydrogen-bond acceptors (Lipinski definition) is 5. The van der Waals surface area contributed by atoms with Crippen LogP contribution < -0.4 is 0 Å². The van der Waals surface area contributed by atoms with Crippen molar-refractivity contribution in [1.29, 1.82) is 0 Å². The Bertz CT molecular complexity index is 837. The van der Waals surface area contributed by atoms with Gasteiger partial charge in [0.2, 0.25) is 10.0 Å². The normalized spacial score (nSPS) is 16.1. The van der Waals surface area contributed by atoms with Crippen molar-refractivity contribution in [2.45, 2.75) is 4.90 Å². The van der Waals surface area contributed by atoms with Crippen LogP contribution in [0.1, 0.15) is 10.4 Å². The predicted molar refractivity (Wildman–Crippen MR) is 90.8 cm³/mol. The maximum atomic E-state index is 12.5. The van der Waals surface area contributed by atoms with Crippen molar-refractivity contribution >= 4 is 31.9 Å². The second-order valence-corrected chi connectivity index (χ2v) is 8.13. The minimum atomic E-state index is -3.57. The molecule has 1 saturated heterocycles. The fourth-order valence-electron chi connectivity index (χ4n) is 2.49. The van der Waals surface area contributed by atoms with Crippen molar-refractivity contribution in [2.24, 2.45) is 0 Å². The van der Waals surface area contributed by atoms with Gasteiger partial charge in [-0.2, -0.15) is 4.31 Å². The maximum absolute atomic E-state index is 12.5. The summed E-state index contributed by atoms with van der Waals surface area (Å²) in [6.07, 6.45) is 5.97. The molecule has 126 valence electrons. The van der Waals surface area contributed by atoms with E-state index in [9.17, 15) is 13.2 Å². The van der Waals surface area contributed by atoms with Crippen LogP contribution in [0.2, 0.25) is 0 Å². The Balaban J connectivity index is 1.69. The predicted octanol–water partition coefficient (Wildman–Crippen LogP) is 1.39. The second kappa shape index (κ2) is 6.96. The molecule has 0 radical (unpaired) electrons. The van der Waals surface area contributed by atoms with E-state index < -0.39 is 10.0 Å². The molecule has 0 saturated carbocycles. The summed E-state index contributed by atoms with van der Waals surface area (Å²) in [5, 5.41) is 0. The third-order valence-electron chi connectivity index (χ3n) is 3.75. The number of amides is 1. The summed E-state index contributed by atoms with van der Waals surface area (Å²) < 4.78 is 27.2. The summed E-state index contributed by atoms with van der Waals surface area (Å²) >= 11 is 3.29. The number of piperazine rings is 1. The Kier molecular flexibility index (Phi) is 4.93. The van der Waals surface area contributed by atoms with E-state index in [4.69, 9.17) is 0 Å². The second-order valence-electron chi connectivity index (χ2n) is 5.28. The molecule has 3 heterocycles. The average molecular weight is 411 g/mol. The fraction of sp³-hybridized carbons (Fsp3) is 0.267. The van der Waals surface area contributed by atoms with Crippen molar-refractivity contribution in [3.63, 3.8) is 0 Å². The quantitative estimate of drug-likeness (QED) is 0.762. The Morgan fingerprint density at radius 3 is 2.46 bits per heavy atom. The molecule has 2 aromatic rings. The highest BCUT2D eigenvalue weighted by atomic mass is 79.9. The van der Waals surface area contributed by atoms with Crippen molar-refractivity contribution in [1.82, 2.24) is 19.2 Å². The van der Waals surface area contributed by atoms with Gasteiger partial charge in [0.1, 0.15) is 4.90 Å². The highest BCUT2D eigenvalue weighted by Gasteiger charge is 2.30. The zero-order chi connectivity index (χ0) is 17.2. The van der Waals surface area contributed by atoms with Gasteiger partial charge < -0.3 is 4.90 Å². The van der Waals surface area contributed by atoms with Crippen LogP contribution in [0.25, 0.3) is 0 Å². The first kappa shape index (κ1) is 17.0. The molecular weight excluding hydrogens is 396 g/mol. The van der Waals surface area contributed by atoms with E-state index in [2.05, 4.69) is 25.9 Å². The third kappa shape index (κ3) is 3.47. The molecule has 7 nitrogen and oxygen atoms in total. The fourth-order valence-corrected chi connectivity index (χ4v) is 4.24. The number of rotatable bonds is 3. The van der Waals surface area contributed by atoms with Gasteiger partial charge in [0.15, 0.2) is 0 Å². The van der Waals surface area contributed by atoms with Gasteiger partial charge in [-0.25, -0.2) is 8.42 Å². The molecule has 1 amide bonds. The van der Waals surface area contributed by atoms with Crippen LogP contribution in [-0.4, -0.2) is 59.7 Å². The maximum Gasteiger partial charge on any atom is 0.255 e. The molecule has 0 spiro atoms. The van der Waals surface area contributed by atoms with Crippen LogP contribution in [0.15, 0.2) is 52.4 Å². The van der Waals surface area contributed by atoms with Crippen molar-refractivity contribution in [2.75, 3.05) is 26.2 Å². The van der Waals surface area contributed by atoms with E-state index in [1.807, 2.05) is 0 Å². The lowest BCUT2D eigenvalue weighted by molar-refractivity contribution is 0.0697. The Hall–Kier alpha value is -1.84. The number of carbonyl (C=O) groups excluding carboxylic acids is 1. The first-order chi connectivity index (χ1) is 11.5. The van der Waals surface area contributed by atoms with Crippen LogP contribution in [0.3, 0.4) is 0 Å². The SMILES string of the molecule is O=C(c1cncc(Br)c1)N1CCN(S(=O)(=O)c2cccnc2)CC1. The van der Waals surface area contributed by atoms with Crippen molar-refractivity contribution in [3.8, 4) is 0 Å². The topological polar surface area (TPSA) is 83.5 Å². The zero-order valence-electron chi connectivity index (χ0n) is 12.7. The van der Waals surface area contributed by atoms with Gasteiger partial charge in [-0.15, -0.1) is 0 Å². The van der Waals surface area contributed by atoms with E-state index in [0.717, 1.165) is 4.47 Å². The third-order valence-corrected chi connectivity index (χ3v) is 6.07. The van der Waals surface area contributed by atoms with Gasteiger partial charge in [0.25, 0.3) is 5.91 Å². The standard InChI is InChI=1S/C15H15BrN4O3S/c16-13-8-12(9-18-10-13)15(21)19-4-6-20(7-5-19)24(22,23)14-2-1-3-17-11-14/h1-3,8-11H,4-7H2. The number of halogens is 1. The smallest absolute Gasteiger partial charge is 0.255 e. The molecule has 1 aliphatic heterocycles. The van der Waals surface area contributed by atoms with Gasteiger partial charge in [-0.1, -0.05) is 0 Å². The molecule has 0 bridgehead atoms. The van der Waals surface area contributed by atoms with Gasteiger partial charge in [0.05, 0.1) is 5.56 Å². The summed E-state index contributed by atoms with van der Waals surface area (Å²) in [7, 11) is -3.57. The van der Waals surface area contributed by atoms with E-state index in [0.29, 0.717) is 18.7 Å². The summed E-state index contributed by atoms with van der Waals surface area (Å²) in [6.45, 7) is 1.18. The van der Waals surface area contributed by atoms with E-state index in [1.165, 1.54) is 29.0 Å². The minimum Gasteiger partial charge on any atom is -0.336 e. The van der Waals surface area contributed by atoms with Crippen LogP contribution in [0.4, 0.5) is 0 Å². The molecule has 0 unspecified atom stereocenters. The molecule has 24 heavy (non-hydrogen) atoms. The molecule has 0 N–H and O–H groups in total. The highest BCUT2D eigenvalue weighted by molar-refractivity contribution is 9.10. The van der Waals surface area contributed by atoms with Crippen LogP contribution in [0.5, 0.6) is 0 Å². The molecule has 9 heteroatoms. The number of carbonyl (C=O) groups is 1.